The first-order chi connectivity index (χ1) is 14.0. The van der Waals surface area contributed by atoms with E-state index in [-0.39, 0.29) is 41.9 Å². The van der Waals surface area contributed by atoms with Crippen molar-refractivity contribution in [2.24, 2.45) is 0 Å². The molecule has 2 aromatic carbocycles. The summed E-state index contributed by atoms with van der Waals surface area (Å²) in [6.07, 6.45) is 1.73. The normalized spacial score (nSPS) is 10.4. The lowest BCUT2D eigenvalue weighted by molar-refractivity contribution is 0.0946. The van der Waals surface area contributed by atoms with Crippen LogP contribution in [0.25, 0.3) is 0 Å². The number of hydrogen-bond donors (Lipinski definition) is 2. The highest BCUT2D eigenvalue weighted by molar-refractivity contribution is 5.98. The van der Waals surface area contributed by atoms with Crippen LogP contribution in [0.5, 0.6) is 0 Å². The van der Waals surface area contributed by atoms with Gasteiger partial charge in [0.25, 0.3) is 11.8 Å². The molecule has 3 aromatic rings. The largest absolute Gasteiger partial charge is 0.352 e. The molecule has 3 rings (SSSR count). The lowest BCUT2D eigenvalue weighted by Gasteiger charge is -2.08. The Bertz CT molecular complexity index is 1010. The number of rotatable bonds is 7. The van der Waals surface area contributed by atoms with Gasteiger partial charge in [0.1, 0.15) is 17.3 Å². The molecule has 0 saturated heterocycles. The van der Waals surface area contributed by atoms with Crippen LogP contribution in [0, 0.1) is 11.6 Å². The van der Waals surface area contributed by atoms with Crippen molar-refractivity contribution < 1.29 is 18.4 Å². The number of nitrogens with zero attached hydrogens (tertiary/aromatic N) is 1. The Kier molecular flexibility index (Phi) is 6.63. The van der Waals surface area contributed by atoms with Gasteiger partial charge in [-0.15, -0.1) is 0 Å². The van der Waals surface area contributed by atoms with E-state index >= 15 is 0 Å². The zero-order chi connectivity index (χ0) is 20.6. The number of hydrogen-bond acceptors (Lipinski definition) is 3. The Morgan fingerprint density at radius 1 is 0.897 bits per heavy atom. The first-order valence-electron chi connectivity index (χ1n) is 9.03. The van der Waals surface area contributed by atoms with Crippen LogP contribution in [0.15, 0.2) is 66.9 Å². The smallest absolute Gasteiger partial charge is 0.270 e. The summed E-state index contributed by atoms with van der Waals surface area (Å²) < 4.78 is 26.5. The lowest BCUT2D eigenvalue weighted by atomic mass is 10.1. The molecule has 29 heavy (non-hydrogen) atoms. The summed E-state index contributed by atoms with van der Waals surface area (Å²) in [6, 6.07) is 15.0. The van der Waals surface area contributed by atoms with Crippen molar-refractivity contribution in [2.75, 3.05) is 6.54 Å². The molecule has 5 nitrogen and oxygen atoms in total. The van der Waals surface area contributed by atoms with Crippen LogP contribution in [0.2, 0.25) is 0 Å². The van der Waals surface area contributed by atoms with E-state index in [0.717, 1.165) is 5.56 Å². The van der Waals surface area contributed by atoms with Crippen molar-refractivity contribution in [1.29, 1.82) is 0 Å². The minimum atomic E-state index is -0.449. The van der Waals surface area contributed by atoms with E-state index in [9.17, 15) is 18.4 Å². The fourth-order valence-electron chi connectivity index (χ4n) is 2.69. The quantitative estimate of drug-likeness (QED) is 0.645. The van der Waals surface area contributed by atoms with Crippen LogP contribution in [-0.4, -0.2) is 23.3 Å². The number of pyridine rings is 1. The summed E-state index contributed by atoms with van der Waals surface area (Å²) in [7, 11) is 0. The lowest BCUT2D eigenvalue weighted by Crippen LogP contribution is -2.27. The molecule has 0 bridgehead atoms. The Morgan fingerprint density at radius 2 is 1.66 bits per heavy atom. The molecule has 0 radical (unpaired) electrons. The van der Waals surface area contributed by atoms with Gasteiger partial charge in [-0.3, -0.25) is 14.6 Å². The summed E-state index contributed by atoms with van der Waals surface area (Å²) in [6.45, 7) is 0.466. The SMILES string of the molecule is O=C(NCCc1ccccc1F)c1ccnc(C(=O)NCc2ccc(F)cc2)c1. The van der Waals surface area contributed by atoms with Crippen molar-refractivity contribution in [2.45, 2.75) is 13.0 Å². The predicted molar refractivity (Wildman–Crippen MR) is 104 cm³/mol. The highest BCUT2D eigenvalue weighted by Gasteiger charge is 2.12. The first kappa shape index (κ1) is 20.1. The van der Waals surface area contributed by atoms with E-state index in [2.05, 4.69) is 15.6 Å². The third kappa shape index (κ3) is 5.68. The summed E-state index contributed by atoms with van der Waals surface area (Å²) in [5, 5.41) is 5.38. The van der Waals surface area contributed by atoms with Gasteiger partial charge in [0, 0.05) is 24.8 Å². The molecule has 0 saturated carbocycles. The van der Waals surface area contributed by atoms with Gasteiger partial charge in [0.05, 0.1) is 0 Å². The maximum Gasteiger partial charge on any atom is 0.270 e. The van der Waals surface area contributed by atoms with Gasteiger partial charge in [-0.1, -0.05) is 30.3 Å². The Hall–Kier alpha value is -3.61. The number of amides is 2. The summed E-state index contributed by atoms with van der Waals surface area (Å²) >= 11 is 0. The van der Waals surface area contributed by atoms with E-state index in [1.54, 1.807) is 30.3 Å². The molecule has 0 fully saturated rings. The highest BCUT2D eigenvalue weighted by Crippen LogP contribution is 2.07. The van der Waals surface area contributed by atoms with Crippen molar-refractivity contribution in [3.8, 4) is 0 Å². The van der Waals surface area contributed by atoms with Gasteiger partial charge >= 0.3 is 0 Å². The first-order valence-corrected chi connectivity index (χ1v) is 9.03. The van der Waals surface area contributed by atoms with Gasteiger partial charge in [-0.05, 0) is 47.9 Å². The van der Waals surface area contributed by atoms with Crippen molar-refractivity contribution in [3.05, 3.63) is 101 Å². The molecule has 0 aliphatic carbocycles. The van der Waals surface area contributed by atoms with Gasteiger partial charge in [0.15, 0.2) is 0 Å². The maximum absolute atomic E-state index is 13.6. The van der Waals surface area contributed by atoms with Crippen molar-refractivity contribution in [1.82, 2.24) is 15.6 Å². The molecule has 0 spiro atoms. The molecular weight excluding hydrogens is 376 g/mol. The van der Waals surface area contributed by atoms with Gasteiger partial charge in [0.2, 0.25) is 0 Å². The molecule has 7 heteroatoms. The third-order valence-electron chi connectivity index (χ3n) is 4.26. The van der Waals surface area contributed by atoms with E-state index < -0.39 is 5.91 Å². The number of nitrogens with one attached hydrogen (secondary N) is 2. The van der Waals surface area contributed by atoms with Crippen LogP contribution in [-0.2, 0) is 13.0 Å². The number of halogens is 2. The van der Waals surface area contributed by atoms with Crippen LogP contribution < -0.4 is 10.6 Å². The van der Waals surface area contributed by atoms with Crippen LogP contribution in [0.3, 0.4) is 0 Å². The second-order valence-electron chi connectivity index (χ2n) is 6.34. The Morgan fingerprint density at radius 3 is 2.41 bits per heavy atom. The Labute approximate surface area is 166 Å². The summed E-state index contributed by atoms with van der Waals surface area (Å²) in [5.74, 6) is -1.49. The maximum atomic E-state index is 13.6. The minimum absolute atomic E-state index is 0.0915. The molecule has 2 amide bonds. The molecule has 0 atom stereocenters. The Balaban J connectivity index is 1.55. The molecule has 2 N–H and O–H groups in total. The van der Waals surface area contributed by atoms with E-state index in [4.69, 9.17) is 0 Å². The van der Waals surface area contributed by atoms with Gasteiger partial charge < -0.3 is 10.6 Å². The second-order valence-corrected chi connectivity index (χ2v) is 6.34. The summed E-state index contributed by atoms with van der Waals surface area (Å²) in [4.78, 5) is 28.6. The fraction of sp³-hybridized carbons (Fsp3) is 0.136. The van der Waals surface area contributed by atoms with Crippen LogP contribution in [0.4, 0.5) is 8.78 Å². The predicted octanol–water partition coefficient (Wildman–Crippen LogP) is 3.26. The third-order valence-corrected chi connectivity index (χ3v) is 4.26. The van der Waals surface area contributed by atoms with Gasteiger partial charge in [-0.2, -0.15) is 0 Å². The van der Waals surface area contributed by atoms with Crippen LogP contribution in [0.1, 0.15) is 32.0 Å². The van der Waals surface area contributed by atoms with E-state index in [0.29, 0.717) is 12.0 Å². The highest BCUT2D eigenvalue weighted by atomic mass is 19.1. The molecule has 1 aromatic heterocycles. The standard InChI is InChI=1S/C22H19F2N3O2/c23-18-7-5-15(6-8-18)14-27-22(29)20-13-17(10-11-25-20)21(28)26-12-9-16-3-1-2-4-19(16)24/h1-8,10-11,13H,9,12,14H2,(H,26,28)(H,27,29). The molecule has 0 aliphatic rings. The van der Waals surface area contributed by atoms with E-state index in [1.807, 2.05) is 0 Å². The number of carbonyl (C=O) groups is 2. The number of benzene rings is 2. The fourth-order valence-corrected chi connectivity index (χ4v) is 2.69. The molecule has 0 aliphatic heterocycles. The monoisotopic (exact) mass is 395 g/mol. The van der Waals surface area contributed by atoms with Gasteiger partial charge in [-0.25, -0.2) is 8.78 Å². The van der Waals surface area contributed by atoms with E-state index in [1.165, 1.54) is 36.5 Å². The molecule has 148 valence electrons. The zero-order valence-electron chi connectivity index (χ0n) is 15.5. The molecule has 1 heterocycles. The molecule has 0 unspecified atom stereocenters. The topological polar surface area (TPSA) is 71.1 Å². The van der Waals surface area contributed by atoms with Crippen molar-refractivity contribution in [3.63, 3.8) is 0 Å². The molecular formula is C22H19F2N3O2. The van der Waals surface area contributed by atoms with Crippen LogP contribution >= 0.6 is 0 Å². The number of aromatic nitrogens is 1. The minimum Gasteiger partial charge on any atom is -0.352 e. The average molecular weight is 395 g/mol. The zero-order valence-corrected chi connectivity index (χ0v) is 15.5. The average Bonchev–Trinajstić information content (AvgIpc) is 2.74. The van der Waals surface area contributed by atoms with Crippen molar-refractivity contribution >= 4 is 11.8 Å². The second kappa shape index (κ2) is 9.54. The summed E-state index contributed by atoms with van der Waals surface area (Å²) in [5.41, 5.74) is 1.62. The number of carbonyl (C=O) groups excluding carboxylic acids is 2.